The minimum atomic E-state index is -4.99. The predicted octanol–water partition coefficient (Wildman–Crippen LogP) is 23.3. The van der Waals surface area contributed by atoms with E-state index in [0.29, 0.717) is 32.1 Å². The van der Waals surface area contributed by atoms with Crippen LogP contribution in [0.15, 0.2) is 109 Å². The van der Waals surface area contributed by atoms with Crippen molar-refractivity contribution in [1.82, 2.24) is 0 Å². The lowest BCUT2D eigenvalue weighted by Crippen LogP contribution is -2.30. The summed E-state index contributed by atoms with van der Waals surface area (Å²) >= 11 is 0. The number of hydrogen-bond donors (Lipinski definition) is 3. The number of phosphoric acid groups is 2. The van der Waals surface area contributed by atoms with E-state index in [0.717, 1.165) is 122 Å². The fourth-order valence-electron chi connectivity index (χ4n) is 10.7. The van der Waals surface area contributed by atoms with Gasteiger partial charge in [0.15, 0.2) is 12.2 Å². The number of carbonyl (C=O) groups is 4. The first-order chi connectivity index (χ1) is 49.7. The summed E-state index contributed by atoms with van der Waals surface area (Å²) in [5.74, 6) is -2.26. The summed E-state index contributed by atoms with van der Waals surface area (Å²) in [5.41, 5.74) is 0. The fourth-order valence-corrected chi connectivity index (χ4v) is 12.2. The lowest BCUT2D eigenvalue weighted by atomic mass is 10.0. The molecule has 0 aromatic rings. The van der Waals surface area contributed by atoms with E-state index < -0.39 is 97.5 Å². The summed E-state index contributed by atoms with van der Waals surface area (Å²) in [6.07, 6.45) is 80.7. The summed E-state index contributed by atoms with van der Waals surface area (Å²) in [7, 11) is -9.97. The van der Waals surface area contributed by atoms with E-state index in [1.165, 1.54) is 128 Å². The molecule has 0 saturated heterocycles. The van der Waals surface area contributed by atoms with Gasteiger partial charge in [0.2, 0.25) is 0 Å². The summed E-state index contributed by atoms with van der Waals surface area (Å²) < 4.78 is 68.5. The van der Waals surface area contributed by atoms with Crippen molar-refractivity contribution in [3.05, 3.63) is 109 Å². The number of aliphatic hydroxyl groups is 1. The zero-order valence-corrected chi connectivity index (χ0v) is 66.0. The number of esters is 4. The van der Waals surface area contributed by atoms with Gasteiger partial charge in [-0.1, -0.05) is 310 Å². The molecule has 588 valence electrons. The molecule has 0 heterocycles. The lowest BCUT2D eigenvalue weighted by Gasteiger charge is -2.21. The molecule has 102 heavy (non-hydrogen) atoms. The second-order valence-corrected chi connectivity index (χ2v) is 29.5. The van der Waals surface area contributed by atoms with Gasteiger partial charge >= 0.3 is 39.5 Å². The van der Waals surface area contributed by atoms with Crippen molar-refractivity contribution in [1.29, 1.82) is 0 Å². The Bertz CT molecular complexity index is 2360. The highest BCUT2D eigenvalue weighted by molar-refractivity contribution is 7.47. The lowest BCUT2D eigenvalue weighted by molar-refractivity contribution is -0.161. The third-order valence-electron chi connectivity index (χ3n) is 16.8. The Labute approximate surface area is 619 Å². The highest BCUT2D eigenvalue weighted by atomic mass is 31.2. The number of ether oxygens (including phenoxy) is 4. The Kier molecular flexibility index (Phi) is 71.8. The Morgan fingerprint density at radius 3 is 0.843 bits per heavy atom. The SMILES string of the molecule is CC/C=C\C/C=C\C/C=C\C/C=C\C/C=C\CCCCCC(=O)O[C@H](COC(=O)CCCCCCCCCCCCCCC)COP(=O)(O)OC[C@H](O)COP(=O)(O)OC[C@@H](COC(=O)CCC/C=C\C/C=C\C/C=C\C/C=C\CCCCC)OC(=O)CCCCCCCCCCCCCCC. The van der Waals surface area contributed by atoms with E-state index in [2.05, 4.69) is 125 Å². The zero-order valence-electron chi connectivity index (χ0n) is 64.3. The van der Waals surface area contributed by atoms with E-state index in [-0.39, 0.29) is 25.7 Å². The van der Waals surface area contributed by atoms with Crippen LogP contribution in [0, 0.1) is 0 Å². The van der Waals surface area contributed by atoms with Crippen LogP contribution >= 0.6 is 15.6 Å². The summed E-state index contributed by atoms with van der Waals surface area (Å²) in [6.45, 7) is 4.67. The van der Waals surface area contributed by atoms with Crippen LogP contribution in [0.1, 0.15) is 336 Å². The van der Waals surface area contributed by atoms with Crippen LogP contribution in [0.25, 0.3) is 0 Å². The molecule has 0 aliphatic carbocycles. The molecular formula is C83H144O17P2. The molecule has 17 nitrogen and oxygen atoms in total. The molecule has 0 saturated carbocycles. The van der Waals surface area contributed by atoms with Gasteiger partial charge in [-0.25, -0.2) is 9.13 Å². The summed E-state index contributed by atoms with van der Waals surface area (Å²) in [5, 5.41) is 10.6. The molecule has 0 rings (SSSR count). The van der Waals surface area contributed by atoms with Crippen LogP contribution in [-0.2, 0) is 65.4 Å². The molecule has 0 fully saturated rings. The van der Waals surface area contributed by atoms with E-state index >= 15 is 0 Å². The van der Waals surface area contributed by atoms with Crippen molar-refractivity contribution in [3.8, 4) is 0 Å². The number of unbranched alkanes of at least 4 members (excludes halogenated alkanes) is 31. The second kappa shape index (κ2) is 75.0. The van der Waals surface area contributed by atoms with Crippen molar-refractivity contribution in [2.45, 2.75) is 354 Å². The fraction of sp³-hybridized carbons (Fsp3) is 0.735. The van der Waals surface area contributed by atoms with Crippen LogP contribution in [0.5, 0.6) is 0 Å². The molecule has 0 bridgehead atoms. The summed E-state index contributed by atoms with van der Waals surface area (Å²) in [4.78, 5) is 73.0. The standard InChI is InChI=1S/C83H144O17P2/c1-5-9-13-17-21-25-29-33-35-37-38-40-42-46-50-54-58-62-66-70-83(88)100-79(73-93-80(85)67-63-59-55-51-47-43-31-27-23-19-15-11-7-3)76-98-102(91,92)96-72-77(84)71-95-101(89,90)97-75-78(99-82(87)69-65-61-57-53-49-44-32-28-24-20-16-12-8-4)74-94-81(86)68-64-60-56-52-48-45-41-39-36-34-30-26-22-18-14-10-6-2/h9,13,21-22,25-26,33-36,38,40-41,45-46,50,52,56,77-79,84H,5-8,10-12,14-20,23-24,27-32,37,39,42-44,47-49,51,53-55,57-76H2,1-4H3,(H,89,90)(H,91,92)/b13-9-,25-21-,26-22-,35-33-,36-34-,40-38-,45-41-,50-46-,56-52-/t77-,78-,79-/m1/s1. The molecule has 0 aromatic carbocycles. The highest BCUT2D eigenvalue weighted by Gasteiger charge is 2.30. The Hall–Kier alpha value is -4.28. The molecule has 0 spiro atoms. The maximum atomic E-state index is 13.1. The second-order valence-electron chi connectivity index (χ2n) is 26.6. The van der Waals surface area contributed by atoms with Crippen molar-refractivity contribution in [2.75, 3.05) is 39.6 Å². The molecule has 0 aliphatic heterocycles. The molecule has 19 heteroatoms. The van der Waals surface area contributed by atoms with Gasteiger partial charge in [0.05, 0.1) is 26.4 Å². The molecule has 0 radical (unpaired) electrons. The van der Waals surface area contributed by atoms with Crippen LogP contribution in [-0.4, -0.2) is 96.7 Å². The Morgan fingerprint density at radius 2 is 0.520 bits per heavy atom. The molecule has 0 aliphatic rings. The topological polar surface area (TPSA) is 237 Å². The molecule has 2 unspecified atom stereocenters. The Morgan fingerprint density at radius 1 is 0.284 bits per heavy atom. The van der Waals surface area contributed by atoms with Crippen molar-refractivity contribution < 1.29 is 80.2 Å². The smallest absolute Gasteiger partial charge is 0.462 e. The number of phosphoric ester groups is 2. The highest BCUT2D eigenvalue weighted by Crippen LogP contribution is 2.45. The largest absolute Gasteiger partial charge is 0.472 e. The van der Waals surface area contributed by atoms with E-state index in [4.69, 9.17) is 37.0 Å². The molecular weight excluding hydrogens is 1330 g/mol. The first-order valence-corrected chi connectivity index (χ1v) is 43.1. The first kappa shape index (κ1) is 97.7. The van der Waals surface area contributed by atoms with Gasteiger partial charge in [-0.15, -0.1) is 0 Å². The average molecular weight is 1480 g/mol. The zero-order chi connectivity index (χ0) is 74.6. The maximum absolute atomic E-state index is 13.1. The van der Waals surface area contributed by atoms with Gasteiger partial charge in [-0.05, 0) is 109 Å². The third kappa shape index (κ3) is 74.0. The molecule has 0 aromatic heterocycles. The number of rotatable bonds is 75. The Balaban J connectivity index is 5.41. The van der Waals surface area contributed by atoms with Gasteiger partial charge < -0.3 is 33.8 Å². The van der Waals surface area contributed by atoms with E-state index in [9.17, 15) is 43.2 Å². The van der Waals surface area contributed by atoms with E-state index in [1.807, 2.05) is 12.2 Å². The first-order valence-electron chi connectivity index (χ1n) is 40.1. The minimum absolute atomic E-state index is 0.0556. The summed E-state index contributed by atoms with van der Waals surface area (Å²) in [6, 6.07) is 0. The van der Waals surface area contributed by atoms with Crippen molar-refractivity contribution in [2.24, 2.45) is 0 Å². The number of carbonyl (C=O) groups excluding carboxylic acids is 4. The third-order valence-corrected chi connectivity index (χ3v) is 18.7. The average Bonchev–Trinajstić information content (AvgIpc) is 0.907. The molecule has 5 atom stereocenters. The number of allylic oxidation sites excluding steroid dienone is 18. The van der Waals surface area contributed by atoms with Gasteiger partial charge in [-0.2, -0.15) is 0 Å². The quantitative estimate of drug-likeness (QED) is 0.0169. The predicted molar refractivity (Wildman–Crippen MR) is 418 cm³/mol. The van der Waals surface area contributed by atoms with Crippen LogP contribution in [0.4, 0.5) is 0 Å². The van der Waals surface area contributed by atoms with Crippen LogP contribution in [0.2, 0.25) is 0 Å². The van der Waals surface area contributed by atoms with Gasteiger partial charge in [0.25, 0.3) is 0 Å². The molecule has 0 amide bonds. The maximum Gasteiger partial charge on any atom is 0.472 e. The van der Waals surface area contributed by atoms with Gasteiger partial charge in [0, 0.05) is 25.7 Å². The van der Waals surface area contributed by atoms with Gasteiger partial charge in [-0.3, -0.25) is 37.3 Å². The monoisotopic (exact) mass is 1470 g/mol. The molecule has 3 N–H and O–H groups in total. The normalized spacial score (nSPS) is 14.5. The van der Waals surface area contributed by atoms with Crippen LogP contribution < -0.4 is 0 Å². The minimum Gasteiger partial charge on any atom is -0.462 e. The van der Waals surface area contributed by atoms with Crippen molar-refractivity contribution >= 4 is 39.5 Å². The van der Waals surface area contributed by atoms with Crippen LogP contribution in [0.3, 0.4) is 0 Å². The number of hydrogen-bond acceptors (Lipinski definition) is 15. The van der Waals surface area contributed by atoms with Gasteiger partial charge in [0.1, 0.15) is 19.3 Å². The number of aliphatic hydroxyl groups excluding tert-OH is 1. The van der Waals surface area contributed by atoms with Crippen molar-refractivity contribution in [3.63, 3.8) is 0 Å². The van der Waals surface area contributed by atoms with E-state index in [1.54, 1.807) is 0 Å².